The zero-order valence-electron chi connectivity index (χ0n) is 7.90. The Kier molecular flexibility index (Phi) is 1.97. The fourth-order valence-corrected chi connectivity index (χ4v) is 2.14. The molecule has 0 aromatic heterocycles. The van der Waals surface area contributed by atoms with Gasteiger partial charge in [-0.15, -0.1) is 0 Å². The molecule has 0 saturated carbocycles. The molecule has 2 heterocycles. The largest absolute Gasteiger partial charge is 0.347 e. The summed E-state index contributed by atoms with van der Waals surface area (Å²) in [7, 11) is 4.28. The Morgan fingerprint density at radius 1 is 1.00 bits per heavy atom. The lowest BCUT2D eigenvalue weighted by Crippen LogP contribution is -2.48. The summed E-state index contributed by atoms with van der Waals surface area (Å²) in [5.74, 6) is 0. The van der Waals surface area contributed by atoms with E-state index in [-0.39, 0.29) is 0 Å². The summed E-state index contributed by atoms with van der Waals surface area (Å²) in [5.41, 5.74) is 0. The number of rotatable bonds is 1. The van der Waals surface area contributed by atoms with Gasteiger partial charge in [0, 0.05) is 39.6 Å². The van der Waals surface area contributed by atoms with Crippen molar-refractivity contribution in [1.29, 1.82) is 0 Å². The molecule has 0 N–H and O–H groups in total. The van der Waals surface area contributed by atoms with Crippen LogP contribution >= 0.6 is 0 Å². The summed E-state index contributed by atoms with van der Waals surface area (Å²) in [5, 5.41) is 0. The van der Waals surface area contributed by atoms with E-state index in [1.54, 1.807) is 0 Å². The summed E-state index contributed by atoms with van der Waals surface area (Å²) in [6, 6.07) is 0. The zero-order chi connectivity index (χ0) is 8.55. The van der Waals surface area contributed by atoms with Gasteiger partial charge >= 0.3 is 0 Å². The van der Waals surface area contributed by atoms with Crippen molar-refractivity contribution in [2.24, 2.45) is 0 Å². The third-order valence-electron chi connectivity index (χ3n) is 2.73. The van der Waals surface area contributed by atoms with Gasteiger partial charge in [0.15, 0.2) is 6.29 Å². The maximum absolute atomic E-state index is 2.53. The second-order valence-corrected chi connectivity index (χ2v) is 3.72. The predicted molar refractivity (Wildman–Crippen MR) is 49.3 cm³/mol. The lowest BCUT2D eigenvalue weighted by Gasteiger charge is -2.35. The Morgan fingerprint density at radius 2 is 1.50 bits per heavy atom. The average molecular weight is 167 g/mol. The molecule has 3 heteroatoms. The Morgan fingerprint density at radius 3 is 2.00 bits per heavy atom. The van der Waals surface area contributed by atoms with Crippen LogP contribution in [0.1, 0.15) is 12.8 Å². The number of hydrogen-bond acceptors (Lipinski definition) is 3. The molecule has 0 atom stereocenters. The van der Waals surface area contributed by atoms with Crippen LogP contribution in [0.25, 0.3) is 0 Å². The van der Waals surface area contributed by atoms with Crippen molar-refractivity contribution < 1.29 is 0 Å². The molecular weight excluding hydrogens is 150 g/mol. The van der Waals surface area contributed by atoms with Gasteiger partial charge < -0.3 is 9.80 Å². The van der Waals surface area contributed by atoms with Gasteiger partial charge in [0.1, 0.15) is 0 Å². The lowest BCUT2D eigenvalue weighted by molar-refractivity contribution is 0.0376. The van der Waals surface area contributed by atoms with Crippen molar-refractivity contribution in [3.63, 3.8) is 0 Å². The van der Waals surface area contributed by atoms with E-state index in [0.29, 0.717) is 6.29 Å². The van der Waals surface area contributed by atoms with Gasteiger partial charge in [-0.25, -0.2) is 0 Å². The van der Waals surface area contributed by atoms with Gasteiger partial charge in [-0.05, 0) is 12.8 Å². The summed E-state index contributed by atoms with van der Waals surface area (Å²) in [4.78, 5) is 7.07. The second-order valence-electron chi connectivity index (χ2n) is 3.72. The van der Waals surface area contributed by atoms with Crippen LogP contribution in [0.5, 0.6) is 0 Å². The van der Waals surface area contributed by atoms with Crippen LogP contribution in [0.3, 0.4) is 0 Å². The van der Waals surface area contributed by atoms with Crippen LogP contribution in [-0.2, 0) is 0 Å². The molecule has 0 aromatic rings. The Balaban J connectivity index is 2.02. The minimum Gasteiger partial charge on any atom is -0.347 e. The first kappa shape index (κ1) is 7.92. The minimum atomic E-state index is 0.479. The molecule has 0 radical (unpaired) electrons. The van der Waals surface area contributed by atoms with Gasteiger partial charge in [-0.2, -0.15) is 0 Å². The van der Waals surface area contributed by atoms with Gasteiger partial charge in [0.25, 0.3) is 0 Å². The van der Waals surface area contributed by atoms with Gasteiger partial charge in [0.2, 0.25) is 0 Å². The normalized spacial score (nSPS) is 26.2. The van der Waals surface area contributed by atoms with E-state index >= 15 is 0 Å². The standard InChI is InChI=1S/C9H17N3/c1-10-7-8-11(2)9(10)12-5-3-4-6-12/h7-9H,3-6H2,1-2H3. The first-order chi connectivity index (χ1) is 5.79. The van der Waals surface area contributed by atoms with Gasteiger partial charge in [-0.3, -0.25) is 4.90 Å². The van der Waals surface area contributed by atoms with Crippen molar-refractivity contribution in [1.82, 2.24) is 14.7 Å². The van der Waals surface area contributed by atoms with Crippen LogP contribution in [0.2, 0.25) is 0 Å². The molecule has 12 heavy (non-hydrogen) atoms. The van der Waals surface area contributed by atoms with E-state index in [2.05, 4.69) is 41.2 Å². The summed E-state index contributed by atoms with van der Waals surface area (Å²) < 4.78 is 0. The molecule has 2 aliphatic rings. The van der Waals surface area contributed by atoms with Gasteiger partial charge in [-0.1, -0.05) is 0 Å². The van der Waals surface area contributed by atoms with E-state index in [4.69, 9.17) is 0 Å². The monoisotopic (exact) mass is 167 g/mol. The fraction of sp³-hybridized carbons (Fsp3) is 0.778. The van der Waals surface area contributed by atoms with Crippen LogP contribution < -0.4 is 0 Å². The second kappa shape index (κ2) is 2.98. The Hall–Kier alpha value is -0.700. The van der Waals surface area contributed by atoms with E-state index in [0.717, 1.165) is 0 Å². The first-order valence-electron chi connectivity index (χ1n) is 4.65. The molecule has 1 saturated heterocycles. The van der Waals surface area contributed by atoms with E-state index in [9.17, 15) is 0 Å². The Bertz CT molecular complexity index is 172. The van der Waals surface area contributed by atoms with E-state index < -0.39 is 0 Å². The van der Waals surface area contributed by atoms with Gasteiger partial charge in [0.05, 0.1) is 0 Å². The van der Waals surface area contributed by atoms with Crippen molar-refractivity contribution in [2.45, 2.75) is 19.1 Å². The number of hydrogen-bond donors (Lipinski definition) is 0. The highest BCUT2D eigenvalue weighted by Crippen LogP contribution is 2.20. The molecule has 0 bridgehead atoms. The van der Waals surface area contributed by atoms with Crippen LogP contribution in [0, 0.1) is 0 Å². The van der Waals surface area contributed by atoms with Crippen LogP contribution in [0.15, 0.2) is 12.4 Å². The van der Waals surface area contributed by atoms with Crippen molar-refractivity contribution in [3.8, 4) is 0 Å². The molecule has 0 unspecified atom stereocenters. The molecule has 68 valence electrons. The molecule has 0 aromatic carbocycles. The summed E-state index contributed by atoms with van der Waals surface area (Å²) in [6.07, 6.45) is 7.48. The highest BCUT2D eigenvalue weighted by Gasteiger charge is 2.28. The zero-order valence-corrected chi connectivity index (χ0v) is 7.90. The third kappa shape index (κ3) is 1.18. The maximum atomic E-state index is 2.53. The highest BCUT2D eigenvalue weighted by atomic mass is 15.5. The predicted octanol–water partition coefficient (Wildman–Crippen LogP) is 0.714. The molecule has 2 aliphatic heterocycles. The lowest BCUT2D eigenvalue weighted by atomic mass is 10.4. The third-order valence-corrected chi connectivity index (χ3v) is 2.73. The van der Waals surface area contributed by atoms with Crippen molar-refractivity contribution in [3.05, 3.63) is 12.4 Å². The smallest absolute Gasteiger partial charge is 0.159 e. The number of likely N-dealkylation sites (tertiary alicyclic amines) is 1. The van der Waals surface area contributed by atoms with Crippen molar-refractivity contribution >= 4 is 0 Å². The first-order valence-corrected chi connectivity index (χ1v) is 4.65. The Labute approximate surface area is 74.2 Å². The van der Waals surface area contributed by atoms with Crippen LogP contribution in [-0.4, -0.2) is 48.2 Å². The number of nitrogens with zero attached hydrogens (tertiary/aromatic N) is 3. The highest BCUT2D eigenvalue weighted by molar-refractivity contribution is 4.94. The quantitative estimate of drug-likeness (QED) is 0.569. The molecule has 3 nitrogen and oxygen atoms in total. The summed E-state index contributed by atoms with van der Waals surface area (Å²) in [6.45, 7) is 2.50. The molecular formula is C9H17N3. The fourth-order valence-electron chi connectivity index (χ4n) is 2.14. The topological polar surface area (TPSA) is 9.72 Å². The maximum Gasteiger partial charge on any atom is 0.159 e. The van der Waals surface area contributed by atoms with E-state index in [1.807, 2.05) is 0 Å². The molecule has 0 aliphatic carbocycles. The molecule has 2 rings (SSSR count). The minimum absolute atomic E-state index is 0.479. The SMILES string of the molecule is CN1C=CN(C)C1N1CCCC1. The summed E-state index contributed by atoms with van der Waals surface area (Å²) >= 11 is 0. The molecule has 0 spiro atoms. The van der Waals surface area contributed by atoms with Crippen LogP contribution in [0.4, 0.5) is 0 Å². The molecule has 1 fully saturated rings. The molecule has 0 amide bonds. The van der Waals surface area contributed by atoms with E-state index in [1.165, 1.54) is 25.9 Å². The van der Waals surface area contributed by atoms with Crippen molar-refractivity contribution in [2.75, 3.05) is 27.2 Å². The average Bonchev–Trinajstić information content (AvgIpc) is 2.61.